The third kappa shape index (κ3) is 5.68. The highest BCUT2D eigenvalue weighted by atomic mass is 31.2. The van der Waals surface area contributed by atoms with E-state index in [0.29, 0.717) is 30.0 Å². The summed E-state index contributed by atoms with van der Waals surface area (Å²) in [5.74, 6) is 6.01. The predicted octanol–water partition coefficient (Wildman–Crippen LogP) is 9.67. The minimum absolute atomic E-state index is 0.0000330. The van der Waals surface area contributed by atoms with Crippen LogP contribution in [0.25, 0.3) is 0 Å². The molecule has 4 fully saturated rings. The van der Waals surface area contributed by atoms with E-state index in [9.17, 15) is 4.57 Å². The van der Waals surface area contributed by atoms with Crippen molar-refractivity contribution < 1.29 is 18.1 Å². The maximum Gasteiger partial charge on any atom is 0.475 e. The molecule has 0 unspecified atom stereocenters. The highest BCUT2D eigenvalue weighted by Gasteiger charge is 2.60. The molecule has 4 aliphatic carbocycles. The van der Waals surface area contributed by atoms with Crippen LogP contribution in [0, 0.1) is 52.3 Å². The summed E-state index contributed by atoms with van der Waals surface area (Å²) in [5, 5.41) is 0. The molecule has 5 heteroatoms. The third-order valence-corrected chi connectivity index (χ3v) is 13.4. The topological polar surface area (TPSA) is 44.8 Å². The van der Waals surface area contributed by atoms with E-state index in [1.54, 1.807) is 0 Å². The Labute approximate surface area is 223 Å². The number of phosphoric acid groups is 1. The average molecular weight is 525 g/mol. The Bertz CT molecular complexity index is 760. The lowest BCUT2D eigenvalue weighted by Gasteiger charge is -2.61. The number of phosphoric ester groups is 1. The van der Waals surface area contributed by atoms with Crippen LogP contribution in [-0.2, 0) is 18.1 Å². The lowest BCUT2D eigenvalue weighted by molar-refractivity contribution is -0.129. The minimum Gasteiger partial charge on any atom is -0.287 e. The molecular weight excluding hydrogens is 467 g/mol. The molecule has 36 heavy (non-hydrogen) atoms. The van der Waals surface area contributed by atoms with Gasteiger partial charge < -0.3 is 0 Å². The Morgan fingerprint density at radius 3 is 2.17 bits per heavy atom. The summed E-state index contributed by atoms with van der Waals surface area (Å²) in [7, 11) is -3.44. The normalized spacial score (nSPS) is 41.6. The molecule has 210 valence electrons. The summed E-state index contributed by atoms with van der Waals surface area (Å²) in [6.07, 6.45) is 15.9. The van der Waals surface area contributed by atoms with Gasteiger partial charge in [0.1, 0.15) is 0 Å². The van der Waals surface area contributed by atoms with Crippen LogP contribution >= 0.6 is 7.82 Å². The fourth-order valence-corrected chi connectivity index (χ4v) is 11.3. The molecule has 0 radical (unpaired) electrons. The monoisotopic (exact) mass is 524 g/mol. The Balaban J connectivity index is 1.40. The van der Waals surface area contributed by atoms with Crippen LogP contribution < -0.4 is 0 Å². The van der Waals surface area contributed by atoms with E-state index in [1.807, 2.05) is 13.8 Å². The molecule has 4 rings (SSSR count). The van der Waals surface area contributed by atoms with Gasteiger partial charge in [0, 0.05) is 0 Å². The molecule has 4 saturated carbocycles. The van der Waals surface area contributed by atoms with E-state index in [0.717, 1.165) is 48.3 Å². The van der Waals surface area contributed by atoms with Gasteiger partial charge in [-0.1, -0.05) is 53.9 Å². The molecule has 0 aromatic rings. The first-order chi connectivity index (χ1) is 17.1. The average Bonchev–Trinajstić information content (AvgIpc) is 3.16. The summed E-state index contributed by atoms with van der Waals surface area (Å²) in [4.78, 5) is 0. The minimum atomic E-state index is -3.44. The van der Waals surface area contributed by atoms with Crippen LogP contribution in [0.15, 0.2) is 0 Å². The second-order valence-corrected chi connectivity index (χ2v) is 15.6. The van der Waals surface area contributed by atoms with Crippen molar-refractivity contribution in [3.8, 4) is 0 Å². The van der Waals surface area contributed by atoms with Crippen LogP contribution in [0.2, 0.25) is 0 Å². The van der Waals surface area contributed by atoms with E-state index in [4.69, 9.17) is 13.6 Å². The molecule has 4 aliphatic rings. The highest BCUT2D eigenvalue weighted by molar-refractivity contribution is 7.48. The van der Waals surface area contributed by atoms with Gasteiger partial charge >= 0.3 is 7.82 Å². The van der Waals surface area contributed by atoms with Gasteiger partial charge in [-0.15, -0.1) is 0 Å². The summed E-state index contributed by atoms with van der Waals surface area (Å²) in [5.41, 5.74) is 0.968. The molecule has 0 N–H and O–H groups in total. The van der Waals surface area contributed by atoms with Gasteiger partial charge in [-0.2, -0.15) is 0 Å². The molecule has 0 amide bonds. The molecule has 9 atom stereocenters. The molecule has 0 spiro atoms. The second kappa shape index (κ2) is 11.7. The van der Waals surface area contributed by atoms with Crippen molar-refractivity contribution in [2.75, 3.05) is 13.2 Å². The Morgan fingerprint density at radius 1 is 0.833 bits per heavy atom. The zero-order chi connectivity index (χ0) is 26.1. The first kappa shape index (κ1) is 29.1. The van der Waals surface area contributed by atoms with Crippen molar-refractivity contribution in [2.45, 2.75) is 132 Å². The summed E-state index contributed by atoms with van der Waals surface area (Å²) in [6.45, 7) is 17.0. The van der Waals surface area contributed by atoms with Crippen LogP contribution in [0.4, 0.5) is 0 Å². The smallest absolute Gasteiger partial charge is 0.287 e. The summed E-state index contributed by atoms with van der Waals surface area (Å²) < 4.78 is 30.0. The van der Waals surface area contributed by atoms with Gasteiger partial charge in [-0.3, -0.25) is 13.6 Å². The van der Waals surface area contributed by atoms with Crippen LogP contribution in [0.1, 0.15) is 126 Å². The van der Waals surface area contributed by atoms with E-state index in [2.05, 4.69) is 34.6 Å². The second-order valence-electron chi connectivity index (χ2n) is 14.0. The van der Waals surface area contributed by atoms with Crippen molar-refractivity contribution in [1.82, 2.24) is 0 Å². The van der Waals surface area contributed by atoms with Crippen molar-refractivity contribution >= 4 is 7.82 Å². The van der Waals surface area contributed by atoms with E-state index < -0.39 is 7.82 Å². The van der Waals surface area contributed by atoms with Crippen molar-refractivity contribution in [2.24, 2.45) is 52.3 Å². The van der Waals surface area contributed by atoms with E-state index in [-0.39, 0.29) is 6.10 Å². The number of hydrogen-bond acceptors (Lipinski definition) is 4. The SMILES string of the molecule is CCOP(=O)(OCC)O[C@H]1CC[C@@]2(C)[C@@H](CC[C@@H]3[C@@H]2CC[C@]2(C)[C@@H]([C@H](C)CCCC(C)C)CC[C@@H]32)C1. The van der Waals surface area contributed by atoms with Gasteiger partial charge in [0.2, 0.25) is 0 Å². The summed E-state index contributed by atoms with van der Waals surface area (Å²) in [6, 6.07) is 0. The maximum atomic E-state index is 13.0. The van der Waals surface area contributed by atoms with Crippen LogP contribution in [0.5, 0.6) is 0 Å². The van der Waals surface area contributed by atoms with Crippen LogP contribution in [0.3, 0.4) is 0 Å². The van der Waals surface area contributed by atoms with Gasteiger partial charge in [-0.05, 0) is 124 Å². The van der Waals surface area contributed by atoms with Crippen LogP contribution in [-0.4, -0.2) is 19.3 Å². The lowest BCUT2D eigenvalue weighted by atomic mass is 9.44. The standard InChI is InChI=1S/C31H57O4P/c1-8-33-36(32,34-9-2)35-25-17-19-30(6)24(21-25)13-14-26-28-16-15-27(23(5)12-10-11-22(3)4)31(28,7)20-18-29(26)30/h22-29H,8-21H2,1-7H3/t23-,24+,25+,26+,27-,28+,29+,30+,31-/m1/s1. The molecule has 0 saturated heterocycles. The number of hydrogen-bond donors (Lipinski definition) is 0. The highest BCUT2D eigenvalue weighted by Crippen LogP contribution is 2.69. The Kier molecular flexibility index (Phi) is 9.45. The lowest BCUT2D eigenvalue weighted by Crippen LogP contribution is -2.54. The van der Waals surface area contributed by atoms with Crippen molar-refractivity contribution in [3.05, 3.63) is 0 Å². The summed E-state index contributed by atoms with van der Waals surface area (Å²) >= 11 is 0. The predicted molar refractivity (Wildman–Crippen MR) is 149 cm³/mol. The van der Waals surface area contributed by atoms with E-state index >= 15 is 0 Å². The first-order valence-electron chi connectivity index (χ1n) is 15.6. The van der Waals surface area contributed by atoms with Gasteiger partial charge in [0.15, 0.2) is 0 Å². The molecule has 0 heterocycles. The fourth-order valence-electron chi connectivity index (χ4n) is 9.94. The number of rotatable bonds is 11. The quantitative estimate of drug-likeness (QED) is 0.252. The maximum absolute atomic E-state index is 13.0. The van der Waals surface area contributed by atoms with Gasteiger partial charge in [-0.25, -0.2) is 4.57 Å². The van der Waals surface area contributed by atoms with Crippen molar-refractivity contribution in [3.63, 3.8) is 0 Å². The molecule has 0 bridgehead atoms. The number of fused-ring (bicyclic) bond motifs is 5. The Hall–Kier alpha value is 0.110. The fraction of sp³-hybridized carbons (Fsp3) is 1.00. The molecule has 0 aliphatic heterocycles. The first-order valence-corrected chi connectivity index (χ1v) is 17.1. The zero-order valence-corrected chi connectivity index (χ0v) is 25.5. The molecule has 4 nitrogen and oxygen atoms in total. The van der Waals surface area contributed by atoms with E-state index in [1.165, 1.54) is 64.2 Å². The largest absolute Gasteiger partial charge is 0.475 e. The van der Waals surface area contributed by atoms with Gasteiger partial charge in [0.05, 0.1) is 19.3 Å². The Morgan fingerprint density at radius 2 is 1.50 bits per heavy atom. The zero-order valence-electron chi connectivity index (χ0n) is 24.6. The molecule has 0 aromatic heterocycles. The van der Waals surface area contributed by atoms with Crippen molar-refractivity contribution in [1.29, 1.82) is 0 Å². The van der Waals surface area contributed by atoms with Gasteiger partial charge in [0.25, 0.3) is 0 Å². The third-order valence-electron chi connectivity index (χ3n) is 11.7. The molecular formula is C31H57O4P. The molecule has 0 aromatic carbocycles.